The molecule has 4 heterocycles. The molecule has 0 aliphatic carbocycles. The van der Waals surface area contributed by atoms with E-state index < -0.39 is 0 Å². The number of ketones is 1. The molecule has 2 aliphatic heterocycles. The fourth-order valence-corrected chi connectivity index (χ4v) is 4.24. The average Bonchev–Trinajstić information content (AvgIpc) is 3.37. The molecule has 0 radical (unpaired) electrons. The number of nitrogens with zero attached hydrogens (tertiary/aromatic N) is 4. The van der Waals surface area contributed by atoms with Crippen LogP contribution >= 0.6 is 0 Å². The van der Waals surface area contributed by atoms with Gasteiger partial charge in [0.25, 0.3) is 0 Å². The highest BCUT2D eigenvalue weighted by Crippen LogP contribution is 2.27. The number of imidazole rings is 1. The van der Waals surface area contributed by atoms with Crippen LogP contribution in [-0.2, 0) is 24.2 Å². The van der Waals surface area contributed by atoms with Crippen LogP contribution in [-0.4, -0.2) is 38.1 Å². The van der Waals surface area contributed by atoms with Crippen molar-refractivity contribution in [1.29, 1.82) is 0 Å². The number of Topliss-reactive ketones (excluding diaryl/α,β-unsaturated/α-hetero) is 1. The summed E-state index contributed by atoms with van der Waals surface area (Å²) < 4.78 is 2.33. The lowest BCUT2D eigenvalue weighted by Crippen LogP contribution is -2.32. The average molecular weight is 361 g/mol. The maximum Gasteiger partial charge on any atom is 0.155 e. The number of carbonyl (C=O) groups excluding carboxylic acids is 1. The summed E-state index contributed by atoms with van der Waals surface area (Å²) in [6.45, 7) is 1.96. The lowest BCUT2D eigenvalue weighted by atomic mass is 10.0. The van der Waals surface area contributed by atoms with E-state index in [1.54, 1.807) is 0 Å². The number of fused-ring (bicyclic) bond motifs is 2. The van der Waals surface area contributed by atoms with Gasteiger partial charge in [-0.3, -0.25) is 4.79 Å². The van der Waals surface area contributed by atoms with Crippen molar-refractivity contribution in [3.8, 4) is 11.3 Å². The number of aryl methyl sites for hydroxylation is 1. The Hall–Kier alpha value is -2.60. The number of hydrogen-bond donors (Lipinski definition) is 1. The minimum Gasteiger partial charge on any atom is -0.328 e. The van der Waals surface area contributed by atoms with Crippen molar-refractivity contribution in [2.45, 2.75) is 51.1 Å². The van der Waals surface area contributed by atoms with E-state index >= 15 is 0 Å². The van der Waals surface area contributed by atoms with E-state index in [2.05, 4.69) is 37.2 Å². The standard InChI is InChI=1S/C21H23N5O/c27-20(18-4-3-8-22-18)12-16-11-15-10-14(6-7-17(15)25-24-16)19-13-23-21-5-1-2-9-26(19)21/h6-7,10-11,13,18,22H,1-5,8-9,12H2/t18-/m1/s1. The third kappa shape index (κ3) is 3.14. The van der Waals surface area contributed by atoms with Crippen LogP contribution in [0.25, 0.3) is 22.2 Å². The van der Waals surface area contributed by atoms with Gasteiger partial charge >= 0.3 is 0 Å². The first-order chi connectivity index (χ1) is 13.3. The molecular weight excluding hydrogens is 338 g/mol. The lowest BCUT2D eigenvalue weighted by Gasteiger charge is -2.16. The Labute approximate surface area is 158 Å². The smallest absolute Gasteiger partial charge is 0.155 e. The van der Waals surface area contributed by atoms with Crippen LogP contribution in [0.3, 0.4) is 0 Å². The first-order valence-electron chi connectivity index (χ1n) is 9.85. The van der Waals surface area contributed by atoms with Gasteiger partial charge in [-0.05, 0) is 50.4 Å². The maximum absolute atomic E-state index is 12.4. The highest BCUT2D eigenvalue weighted by Gasteiger charge is 2.22. The molecule has 1 fully saturated rings. The van der Waals surface area contributed by atoms with Gasteiger partial charge in [-0.15, -0.1) is 0 Å². The van der Waals surface area contributed by atoms with Crippen LogP contribution in [0.15, 0.2) is 30.5 Å². The molecule has 2 aromatic heterocycles. The van der Waals surface area contributed by atoms with Gasteiger partial charge in [0, 0.05) is 23.9 Å². The number of nitrogens with one attached hydrogen (secondary N) is 1. The fourth-order valence-electron chi connectivity index (χ4n) is 4.24. The minimum absolute atomic E-state index is 0.0212. The summed E-state index contributed by atoms with van der Waals surface area (Å²) in [6, 6.07) is 8.22. The van der Waals surface area contributed by atoms with Gasteiger partial charge in [-0.1, -0.05) is 6.07 Å². The molecule has 1 atom stereocenters. The van der Waals surface area contributed by atoms with E-state index in [9.17, 15) is 4.79 Å². The second kappa shape index (κ2) is 6.85. The highest BCUT2D eigenvalue weighted by molar-refractivity contribution is 5.88. The van der Waals surface area contributed by atoms with Crippen molar-refractivity contribution in [3.05, 3.63) is 42.0 Å². The van der Waals surface area contributed by atoms with Crippen molar-refractivity contribution in [1.82, 2.24) is 25.1 Å². The van der Waals surface area contributed by atoms with Crippen LogP contribution in [0.4, 0.5) is 0 Å². The zero-order valence-corrected chi connectivity index (χ0v) is 15.3. The first kappa shape index (κ1) is 16.6. The predicted octanol–water partition coefficient (Wildman–Crippen LogP) is 2.69. The van der Waals surface area contributed by atoms with Gasteiger partial charge in [0.05, 0.1) is 35.6 Å². The highest BCUT2D eigenvalue weighted by atomic mass is 16.1. The van der Waals surface area contributed by atoms with Crippen molar-refractivity contribution in [2.24, 2.45) is 0 Å². The maximum atomic E-state index is 12.4. The van der Waals surface area contributed by atoms with Crippen molar-refractivity contribution >= 4 is 16.7 Å². The number of hydrogen-bond acceptors (Lipinski definition) is 5. The summed E-state index contributed by atoms with van der Waals surface area (Å²) in [5, 5.41) is 12.9. The van der Waals surface area contributed by atoms with Crippen molar-refractivity contribution < 1.29 is 4.79 Å². The molecular formula is C21H23N5O. The zero-order chi connectivity index (χ0) is 18.2. The van der Waals surface area contributed by atoms with E-state index in [-0.39, 0.29) is 11.8 Å². The first-order valence-corrected chi connectivity index (χ1v) is 9.85. The molecule has 0 amide bonds. The van der Waals surface area contributed by atoms with E-state index in [1.807, 2.05) is 18.3 Å². The van der Waals surface area contributed by atoms with Gasteiger partial charge in [0.1, 0.15) is 5.82 Å². The van der Waals surface area contributed by atoms with Gasteiger partial charge in [-0.25, -0.2) is 4.98 Å². The zero-order valence-electron chi connectivity index (χ0n) is 15.3. The second-order valence-corrected chi connectivity index (χ2v) is 7.57. The summed E-state index contributed by atoms with van der Waals surface area (Å²) in [4.78, 5) is 17.0. The Morgan fingerprint density at radius 2 is 2.15 bits per heavy atom. The summed E-state index contributed by atoms with van der Waals surface area (Å²) in [5.41, 5.74) is 3.91. The van der Waals surface area contributed by atoms with Gasteiger partial charge in [0.15, 0.2) is 5.78 Å². The van der Waals surface area contributed by atoms with E-state index in [4.69, 9.17) is 0 Å². The van der Waals surface area contributed by atoms with Crippen molar-refractivity contribution in [3.63, 3.8) is 0 Å². The summed E-state index contributed by atoms with van der Waals surface area (Å²) in [7, 11) is 0. The van der Waals surface area contributed by atoms with Crippen LogP contribution in [0, 0.1) is 0 Å². The molecule has 2 aliphatic rings. The fraction of sp³-hybridized carbons (Fsp3) is 0.429. The monoisotopic (exact) mass is 361 g/mol. The molecule has 1 aromatic carbocycles. The second-order valence-electron chi connectivity index (χ2n) is 7.57. The van der Waals surface area contributed by atoms with Gasteiger partial charge in [-0.2, -0.15) is 10.2 Å². The topological polar surface area (TPSA) is 72.7 Å². The molecule has 0 spiro atoms. The molecule has 27 heavy (non-hydrogen) atoms. The Morgan fingerprint density at radius 1 is 1.19 bits per heavy atom. The Balaban J connectivity index is 1.46. The summed E-state index contributed by atoms with van der Waals surface area (Å²) >= 11 is 0. The molecule has 3 aromatic rings. The van der Waals surface area contributed by atoms with Gasteiger partial charge in [0.2, 0.25) is 0 Å². The molecule has 1 N–H and O–H groups in total. The summed E-state index contributed by atoms with van der Waals surface area (Å²) in [6.07, 6.45) is 7.79. The minimum atomic E-state index is -0.0212. The molecule has 1 saturated heterocycles. The molecule has 138 valence electrons. The number of carbonyl (C=O) groups is 1. The van der Waals surface area contributed by atoms with Crippen molar-refractivity contribution in [2.75, 3.05) is 6.54 Å². The van der Waals surface area contributed by atoms with Crippen LogP contribution in [0.1, 0.15) is 37.2 Å². The van der Waals surface area contributed by atoms with Crippen LogP contribution in [0.5, 0.6) is 0 Å². The van der Waals surface area contributed by atoms with Crippen LogP contribution < -0.4 is 5.32 Å². The molecule has 0 bridgehead atoms. The predicted molar refractivity (Wildman–Crippen MR) is 103 cm³/mol. The molecule has 6 nitrogen and oxygen atoms in total. The number of rotatable bonds is 4. The summed E-state index contributed by atoms with van der Waals surface area (Å²) in [5.74, 6) is 1.39. The van der Waals surface area contributed by atoms with Crippen LogP contribution in [0.2, 0.25) is 0 Å². The third-order valence-corrected chi connectivity index (χ3v) is 5.71. The Kier molecular flexibility index (Phi) is 4.20. The van der Waals surface area contributed by atoms with E-state index in [0.717, 1.165) is 60.2 Å². The molecule has 0 unspecified atom stereocenters. The quantitative estimate of drug-likeness (QED) is 0.773. The molecule has 0 saturated carbocycles. The van der Waals surface area contributed by atoms with E-state index in [0.29, 0.717) is 6.42 Å². The number of aromatic nitrogens is 4. The Bertz CT molecular complexity index is 1000. The van der Waals surface area contributed by atoms with E-state index in [1.165, 1.54) is 18.7 Å². The normalized spacial score (nSPS) is 19.3. The third-order valence-electron chi connectivity index (χ3n) is 5.71. The molecule has 6 heteroatoms. The largest absolute Gasteiger partial charge is 0.328 e. The van der Waals surface area contributed by atoms with Gasteiger partial charge < -0.3 is 9.88 Å². The SMILES string of the molecule is O=C(Cc1cc2cc(-c3cnc4n3CCCC4)ccc2nn1)[C@H]1CCCN1. The number of benzene rings is 1. The lowest BCUT2D eigenvalue weighted by molar-refractivity contribution is -0.120. The Morgan fingerprint density at radius 3 is 3.04 bits per heavy atom. The molecule has 5 rings (SSSR count).